The Balaban J connectivity index is 2.24. The Morgan fingerprint density at radius 1 is 1.00 bits per heavy atom. The van der Waals surface area contributed by atoms with Gasteiger partial charge in [0.1, 0.15) is 0 Å². The van der Waals surface area contributed by atoms with Crippen LogP contribution in [-0.2, 0) is 0 Å². The van der Waals surface area contributed by atoms with Gasteiger partial charge in [0.05, 0.1) is 0 Å². The van der Waals surface area contributed by atoms with Crippen LogP contribution in [-0.4, -0.2) is 6.54 Å². The second-order valence-corrected chi connectivity index (χ2v) is 3.77. The predicted molar refractivity (Wildman–Crippen MR) is 54.0 cm³/mol. The maximum Gasteiger partial charge on any atom is 0.0106 e. The van der Waals surface area contributed by atoms with Gasteiger partial charge in [-0.3, -0.25) is 0 Å². The molecule has 0 amide bonds. The first-order valence-electron chi connectivity index (χ1n) is 5.30. The van der Waals surface area contributed by atoms with E-state index in [1.165, 1.54) is 44.9 Å². The third-order valence-electron chi connectivity index (χ3n) is 2.69. The molecule has 0 aromatic carbocycles. The lowest BCUT2D eigenvalue weighted by molar-refractivity contribution is 0.434. The number of rotatable bonds is 2. The summed E-state index contributed by atoms with van der Waals surface area (Å²) in [5.41, 5.74) is 5.43. The van der Waals surface area contributed by atoms with Crippen LogP contribution >= 0.6 is 0 Å². The first kappa shape index (κ1) is 9.79. The van der Waals surface area contributed by atoms with Crippen LogP contribution in [0.25, 0.3) is 0 Å². The lowest BCUT2D eigenvalue weighted by Crippen LogP contribution is -2.02. The second kappa shape index (κ2) is 6.24. The van der Waals surface area contributed by atoms with Gasteiger partial charge in [-0.05, 0) is 18.8 Å². The molecule has 70 valence electrons. The molecule has 0 aliphatic heterocycles. The van der Waals surface area contributed by atoms with Gasteiger partial charge in [0.2, 0.25) is 0 Å². The molecule has 1 heteroatoms. The molecule has 0 aromatic rings. The third-order valence-corrected chi connectivity index (χ3v) is 2.69. The Hall–Kier alpha value is -0.300. The molecule has 0 atom stereocenters. The van der Waals surface area contributed by atoms with Crippen molar-refractivity contribution in [2.45, 2.75) is 44.9 Å². The normalized spacial score (nSPS) is 22.4. The number of allylic oxidation sites excluding steroid dienone is 1. The van der Waals surface area contributed by atoms with Crippen molar-refractivity contribution in [2.24, 2.45) is 11.7 Å². The second-order valence-electron chi connectivity index (χ2n) is 3.77. The molecule has 2 N–H and O–H groups in total. The van der Waals surface area contributed by atoms with E-state index in [1.54, 1.807) is 0 Å². The highest BCUT2D eigenvalue weighted by molar-refractivity contribution is 4.89. The van der Waals surface area contributed by atoms with Crippen LogP contribution in [0, 0.1) is 5.92 Å². The topological polar surface area (TPSA) is 26.0 Å². The first-order valence-corrected chi connectivity index (χ1v) is 5.30. The smallest absolute Gasteiger partial charge is 0.0106 e. The maximum atomic E-state index is 5.43. The summed E-state index contributed by atoms with van der Waals surface area (Å²) < 4.78 is 0. The van der Waals surface area contributed by atoms with E-state index in [9.17, 15) is 0 Å². The summed E-state index contributed by atoms with van der Waals surface area (Å²) in [6.45, 7) is 0.705. The summed E-state index contributed by atoms with van der Waals surface area (Å²) in [5.74, 6) is 0.828. The zero-order valence-corrected chi connectivity index (χ0v) is 7.97. The number of hydrogen-bond acceptors (Lipinski definition) is 1. The first-order chi connectivity index (χ1) is 5.93. The molecule has 0 radical (unpaired) electrons. The molecular weight excluding hydrogens is 146 g/mol. The summed E-state index contributed by atoms with van der Waals surface area (Å²) in [5, 5.41) is 0. The number of hydrogen-bond donors (Lipinski definition) is 1. The van der Waals surface area contributed by atoms with Crippen molar-refractivity contribution in [3.05, 3.63) is 12.2 Å². The molecule has 0 unspecified atom stereocenters. The molecule has 1 rings (SSSR count). The fourth-order valence-corrected chi connectivity index (χ4v) is 1.95. The van der Waals surface area contributed by atoms with Gasteiger partial charge in [-0.2, -0.15) is 0 Å². The highest BCUT2D eigenvalue weighted by Gasteiger charge is 2.07. The molecule has 1 fully saturated rings. The van der Waals surface area contributed by atoms with Gasteiger partial charge in [-0.1, -0.05) is 44.3 Å². The van der Waals surface area contributed by atoms with Gasteiger partial charge in [0.25, 0.3) is 0 Å². The Morgan fingerprint density at radius 2 is 1.58 bits per heavy atom. The van der Waals surface area contributed by atoms with Gasteiger partial charge in [-0.25, -0.2) is 0 Å². The third kappa shape index (κ3) is 3.91. The fourth-order valence-electron chi connectivity index (χ4n) is 1.95. The van der Waals surface area contributed by atoms with Crippen molar-refractivity contribution in [2.75, 3.05) is 6.54 Å². The SMILES string of the molecule is NC/C=C/C1CCCCCCC1. The molecule has 1 aliphatic carbocycles. The summed E-state index contributed by atoms with van der Waals surface area (Å²) in [7, 11) is 0. The fraction of sp³-hybridized carbons (Fsp3) is 0.818. The van der Waals surface area contributed by atoms with Gasteiger partial charge in [0, 0.05) is 6.54 Å². The monoisotopic (exact) mass is 167 g/mol. The van der Waals surface area contributed by atoms with Crippen LogP contribution in [0.4, 0.5) is 0 Å². The van der Waals surface area contributed by atoms with Gasteiger partial charge >= 0.3 is 0 Å². The van der Waals surface area contributed by atoms with Crippen molar-refractivity contribution < 1.29 is 0 Å². The summed E-state index contributed by atoms with van der Waals surface area (Å²) >= 11 is 0. The minimum atomic E-state index is 0.705. The lowest BCUT2D eigenvalue weighted by Gasteiger charge is -2.15. The Morgan fingerprint density at radius 3 is 2.17 bits per heavy atom. The standard InChI is InChI=1S/C11H21N/c12-10-6-9-11-7-4-2-1-3-5-8-11/h6,9,11H,1-5,7-8,10,12H2/b9-6+. The molecule has 1 saturated carbocycles. The van der Waals surface area contributed by atoms with Crippen molar-refractivity contribution in [1.29, 1.82) is 0 Å². The van der Waals surface area contributed by atoms with Crippen LogP contribution in [0.3, 0.4) is 0 Å². The van der Waals surface area contributed by atoms with Crippen LogP contribution < -0.4 is 5.73 Å². The van der Waals surface area contributed by atoms with Gasteiger partial charge in [0.15, 0.2) is 0 Å². The largest absolute Gasteiger partial charge is 0.327 e. The van der Waals surface area contributed by atoms with E-state index in [0.717, 1.165) is 5.92 Å². The van der Waals surface area contributed by atoms with E-state index in [-0.39, 0.29) is 0 Å². The Kier molecular flexibility index (Phi) is 5.09. The Bertz CT molecular complexity index is 121. The van der Waals surface area contributed by atoms with E-state index >= 15 is 0 Å². The minimum absolute atomic E-state index is 0.705. The molecule has 1 aliphatic rings. The van der Waals surface area contributed by atoms with Gasteiger partial charge in [-0.15, -0.1) is 0 Å². The quantitative estimate of drug-likeness (QED) is 0.629. The molecule has 0 bridgehead atoms. The molecule has 0 saturated heterocycles. The lowest BCUT2D eigenvalue weighted by atomic mass is 9.91. The van der Waals surface area contributed by atoms with Gasteiger partial charge < -0.3 is 5.73 Å². The maximum absolute atomic E-state index is 5.43. The zero-order valence-electron chi connectivity index (χ0n) is 7.97. The van der Waals surface area contributed by atoms with Crippen molar-refractivity contribution >= 4 is 0 Å². The highest BCUT2D eigenvalue weighted by atomic mass is 14.5. The zero-order chi connectivity index (χ0) is 8.65. The van der Waals surface area contributed by atoms with E-state index in [4.69, 9.17) is 5.73 Å². The van der Waals surface area contributed by atoms with Crippen LogP contribution in [0.5, 0.6) is 0 Å². The molecule has 0 heterocycles. The average molecular weight is 167 g/mol. The van der Waals surface area contributed by atoms with Crippen LogP contribution in [0.1, 0.15) is 44.9 Å². The van der Waals surface area contributed by atoms with E-state index in [0.29, 0.717) is 6.54 Å². The molecular formula is C11H21N. The molecule has 12 heavy (non-hydrogen) atoms. The van der Waals surface area contributed by atoms with Crippen molar-refractivity contribution in [3.8, 4) is 0 Å². The Labute approximate surface area is 76.0 Å². The molecule has 0 spiro atoms. The number of nitrogens with two attached hydrogens (primary N) is 1. The predicted octanol–water partition coefficient (Wildman–Crippen LogP) is 2.86. The summed E-state index contributed by atoms with van der Waals surface area (Å²) in [6, 6.07) is 0. The molecule has 0 aromatic heterocycles. The minimum Gasteiger partial charge on any atom is -0.327 e. The average Bonchev–Trinajstić information content (AvgIpc) is 2.02. The van der Waals surface area contributed by atoms with Crippen LogP contribution in [0.2, 0.25) is 0 Å². The van der Waals surface area contributed by atoms with Crippen LogP contribution in [0.15, 0.2) is 12.2 Å². The van der Waals surface area contributed by atoms with E-state index < -0.39 is 0 Å². The van der Waals surface area contributed by atoms with Crippen molar-refractivity contribution in [3.63, 3.8) is 0 Å². The van der Waals surface area contributed by atoms with E-state index in [2.05, 4.69) is 12.2 Å². The highest BCUT2D eigenvalue weighted by Crippen LogP contribution is 2.22. The van der Waals surface area contributed by atoms with Crippen molar-refractivity contribution in [1.82, 2.24) is 0 Å². The van der Waals surface area contributed by atoms with E-state index in [1.807, 2.05) is 0 Å². The molecule has 1 nitrogen and oxygen atoms in total. The summed E-state index contributed by atoms with van der Waals surface area (Å²) in [4.78, 5) is 0. The summed E-state index contributed by atoms with van der Waals surface area (Å²) in [6.07, 6.45) is 14.4.